The van der Waals surface area contributed by atoms with Gasteiger partial charge in [-0.15, -0.1) is 13.2 Å². The van der Waals surface area contributed by atoms with Crippen LogP contribution in [-0.2, 0) is 14.1 Å². The monoisotopic (exact) mass is 230 g/mol. The highest BCUT2D eigenvalue weighted by molar-refractivity contribution is 8.09. The summed E-state index contributed by atoms with van der Waals surface area (Å²) >= 11 is 0. The van der Waals surface area contributed by atoms with E-state index in [1.807, 2.05) is 0 Å². The molecule has 0 saturated carbocycles. The first-order valence-corrected chi connectivity index (χ1v) is 4.97. The van der Waals surface area contributed by atoms with Crippen LogP contribution in [-0.4, -0.2) is 24.0 Å². The molecule has 0 aliphatic carbocycles. The summed E-state index contributed by atoms with van der Waals surface area (Å²) in [5.41, 5.74) is 0.176. The minimum absolute atomic E-state index is 0.176. The second kappa shape index (κ2) is 9.24. The van der Waals surface area contributed by atoms with Gasteiger partial charge in [0.25, 0.3) is 0 Å². The number of carboxylic acids is 1. The van der Waals surface area contributed by atoms with E-state index >= 15 is 0 Å². The Morgan fingerprint density at radius 1 is 1.38 bits per heavy atom. The maximum absolute atomic E-state index is 9.60. The standard InChI is InChI=1S/C4H6O2.C2H4.ClHO3S/c1-3(2)4(5)6;1-2;1-5(2,3)4/h1H2,2H3,(H,5,6);1-2H2;(H,2,3,4). The van der Waals surface area contributed by atoms with Crippen molar-refractivity contribution in [1.29, 1.82) is 0 Å². The lowest BCUT2D eigenvalue weighted by Crippen LogP contribution is -1.92. The SMILES string of the molecule is C=C.C=C(C)C(=O)O.O=S(=O)(O)Cl. The molecule has 0 aromatic heterocycles. The Kier molecular flexibility index (Phi) is 12.8. The summed E-state index contributed by atoms with van der Waals surface area (Å²) in [7, 11) is -0.137. The van der Waals surface area contributed by atoms with Crippen LogP contribution < -0.4 is 0 Å². The van der Waals surface area contributed by atoms with E-state index in [4.69, 9.17) is 18.1 Å². The molecular weight excluding hydrogens is 220 g/mol. The van der Waals surface area contributed by atoms with Crippen molar-refractivity contribution in [2.75, 3.05) is 0 Å². The zero-order valence-corrected chi connectivity index (χ0v) is 8.60. The molecule has 78 valence electrons. The fourth-order valence-corrected chi connectivity index (χ4v) is 0. The first-order chi connectivity index (χ1) is 5.64. The van der Waals surface area contributed by atoms with Gasteiger partial charge >= 0.3 is 15.3 Å². The minimum atomic E-state index is -4.19. The van der Waals surface area contributed by atoms with Gasteiger partial charge in [-0.2, -0.15) is 8.42 Å². The Labute approximate surface area is 81.6 Å². The predicted octanol–water partition coefficient (Wildman–Crippen LogP) is 1.48. The van der Waals surface area contributed by atoms with Crippen LogP contribution in [0.3, 0.4) is 0 Å². The van der Waals surface area contributed by atoms with Gasteiger partial charge in [0.1, 0.15) is 0 Å². The third kappa shape index (κ3) is 94.1. The highest BCUT2D eigenvalue weighted by atomic mass is 35.7. The van der Waals surface area contributed by atoms with Crippen LogP contribution in [0.4, 0.5) is 0 Å². The number of halogens is 1. The molecule has 0 aromatic rings. The number of hydrogen-bond acceptors (Lipinski definition) is 3. The van der Waals surface area contributed by atoms with Gasteiger partial charge in [-0.05, 0) is 6.92 Å². The second-order valence-corrected chi connectivity index (χ2v) is 3.49. The van der Waals surface area contributed by atoms with E-state index in [-0.39, 0.29) is 5.57 Å². The summed E-state index contributed by atoms with van der Waals surface area (Å²) < 4.78 is 25.2. The average molecular weight is 231 g/mol. The fraction of sp³-hybridized carbons (Fsp3) is 0.167. The van der Waals surface area contributed by atoms with Gasteiger partial charge in [-0.25, -0.2) is 4.79 Å². The minimum Gasteiger partial charge on any atom is -0.478 e. The summed E-state index contributed by atoms with van der Waals surface area (Å²) in [6, 6.07) is 0. The first-order valence-electron chi connectivity index (χ1n) is 2.70. The summed E-state index contributed by atoms with van der Waals surface area (Å²) in [4.78, 5) is 9.60. The van der Waals surface area contributed by atoms with Gasteiger partial charge in [0.05, 0.1) is 0 Å². The van der Waals surface area contributed by atoms with Crippen molar-refractivity contribution in [3.05, 3.63) is 25.3 Å². The Balaban J connectivity index is -0.000000131. The second-order valence-electron chi connectivity index (χ2n) is 1.50. The van der Waals surface area contributed by atoms with Crippen molar-refractivity contribution < 1.29 is 22.9 Å². The molecule has 0 aromatic carbocycles. The highest BCUT2D eigenvalue weighted by Gasteiger charge is 1.90. The molecule has 0 spiro atoms. The lowest BCUT2D eigenvalue weighted by Gasteiger charge is -1.79. The van der Waals surface area contributed by atoms with Gasteiger partial charge in [0, 0.05) is 16.3 Å². The third-order valence-corrected chi connectivity index (χ3v) is 0.365. The van der Waals surface area contributed by atoms with E-state index < -0.39 is 15.3 Å². The van der Waals surface area contributed by atoms with Crippen LogP contribution in [0.2, 0.25) is 0 Å². The maximum Gasteiger partial charge on any atom is 0.353 e. The molecule has 0 fully saturated rings. The van der Waals surface area contributed by atoms with Crippen molar-refractivity contribution in [3.63, 3.8) is 0 Å². The quantitative estimate of drug-likeness (QED) is 0.308. The predicted molar refractivity (Wildman–Crippen MR) is 51.1 cm³/mol. The van der Waals surface area contributed by atoms with Crippen LogP contribution in [0.5, 0.6) is 0 Å². The topological polar surface area (TPSA) is 91.7 Å². The zero-order valence-electron chi connectivity index (χ0n) is 7.03. The molecule has 13 heavy (non-hydrogen) atoms. The molecular formula is C6H11ClO5S. The molecule has 0 saturated heterocycles. The summed E-state index contributed by atoms with van der Waals surface area (Å²) in [6.45, 7) is 10.6. The number of rotatable bonds is 1. The van der Waals surface area contributed by atoms with E-state index in [0.717, 1.165) is 0 Å². The molecule has 0 heterocycles. The molecule has 0 atom stereocenters. The van der Waals surface area contributed by atoms with Crippen LogP contribution in [0.25, 0.3) is 0 Å². The molecule has 0 aliphatic heterocycles. The van der Waals surface area contributed by atoms with Crippen molar-refractivity contribution in [2.45, 2.75) is 6.92 Å². The lowest BCUT2D eigenvalue weighted by atomic mass is 10.4. The highest BCUT2D eigenvalue weighted by Crippen LogP contribution is 1.82. The fourth-order valence-electron chi connectivity index (χ4n) is 0. The molecule has 7 heteroatoms. The van der Waals surface area contributed by atoms with Gasteiger partial charge in [0.2, 0.25) is 0 Å². The summed E-state index contributed by atoms with van der Waals surface area (Å²) in [6.07, 6.45) is 0. The maximum atomic E-state index is 9.60. The number of carbonyl (C=O) groups is 1. The van der Waals surface area contributed by atoms with Crippen molar-refractivity contribution >= 4 is 26.0 Å². The molecule has 0 radical (unpaired) electrons. The zero-order chi connectivity index (χ0) is 11.7. The van der Waals surface area contributed by atoms with Gasteiger partial charge in [0.15, 0.2) is 0 Å². The van der Waals surface area contributed by atoms with E-state index in [1.165, 1.54) is 6.92 Å². The molecule has 0 aliphatic rings. The number of carboxylic acid groups (broad SMARTS) is 1. The largest absolute Gasteiger partial charge is 0.478 e. The van der Waals surface area contributed by atoms with Crippen LogP contribution >= 0.6 is 10.7 Å². The summed E-state index contributed by atoms with van der Waals surface area (Å²) in [5.74, 6) is -0.935. The van der Waals surface area contributed by atoms with E-state index in [0.29, 0.717) is 0 Å². The van der Waals surface area contributed by atoms with Crippen molar-refractivity contribution in [2.24, 2.45) is 0 Å². The van der Waals surface area contributed by atoms with Gasteiger partial charge < -0.3 is 5.11 Å². The molecule has 0 rings (SSSR count). The van der Waals surface area contributed by atoms with Gasteiger partial charge in [-0.3, -0.25) is 4.55 Å². The smallest absolute Gasteiger partial charge is 0.353 e. The molecule has 5 nitrogen and oxygen atoms in total. The number of aliphatic carboxylic acids is 1. The summed E-state index contributed by atoms with van der Waals surface area (Å²) in [5, 5.41) is 7.89. The lowest BCUT2D eigenvalue weighted by molar-refractivity contribution is -0.132. The van der Waals surface area contributed by atoms with Gasteiger partial charge in [-0.1, -0.05) is 6.58 Å². The Morgan fingerprint density at radius 2 is 1.46 bits per heavy atom. The molecule has 0 amide bonds. The Bertz CT molecular complexity index is 236. The van der Waals surface area contributed by atoms with E-state index in [1.54, 1.807) is 0 Å². The average Bonchev–Trinajstić information content (AvgIpc) is 1.88. The third-order valence-electron chi connectivity index (χ3n) is 0.365. The van der Waals surface area contributed by atoms with Crippen LogP contribution in [0.15, 0.2) is 25.3 Å². The van der Waals surface area contributed by atoms with Crippen LogP contribution in [0, 0.1) is 0 Å². The molecule has 0 unspecified atom stereocenters. The Hall–Kier alpha value is -0.850. The normalized spacial score (nSPS) is 8.23. The van der Waals surface area contributed by atoms with Crippen molar-refractivity contribution in [1.82, 2.24) is 0 Å². The molecule has 2 N–H and O–H groups in total. The molecule has 0 bridgehead atoms. The van der Waals surface area contributed by atoms with Crippen molar-refractivity contribution in [3.8, 4) is 0 Å². The first kappa shape index (κ1) is 18.0. The van der Waals surface area contributed by atoms with E-state index in [2.05, 4.69) is 30.4 Å². The van der Waals surface area contributed by atoms with E-state index in [9.17, 15) is 4.79 Å². The Morgan fingerprint density at radius 3 is 1.46 bits per heavy atom. The van der Waals surface area contributed by atoms with Crippen LogP contribution in [0.1, 0.15) is 6.92 Å². The number of hydrogen-bond donors (Lipinski definition) is 2.